The summed E-state index contributed by atoms with van der Waals surface area (Å²) in [6.45, 7) is 16.3. The molecule has 0 spiro atoms. The third-order valence-corrected chi connectivity index (χ3v) is 11.8. The number of benzene rings is 4. The molecule has 10 rings (SSSR count). The number of rotatable bonds is 9. The van der Waals surface area contributed by atoms with Crippen LogP contribution in [-0.4, -0.2) is 80.8 Å². The lowest BCUT2D eigenvalue weighted by atomic mass is 10.1. The summed E-state index contributed by atoms with van der Waals surface area (Å²) in [6, 6.07) is 30.1. The summed E-state index contributed by atoms with van der Waals surface area (Å²) in [7, 11) is 0. The van der Waals surface area contributed by atoms with E-state index in [4.69, 9.17) is 48.3 Å². The van der Waals surface area contributed by atoms with Gasteiger partial charge in [-0.1, -0.05) is 142 Å². The van der Waals surface area contributed by atoms with Crippen LogP contribution < -0.4 is 16.4 Å². The number of carbonyl (C=O) groups excluding carboxylic acids is 1. The van der Waals surface area contributed by atoms with Gasteiger partial charge in [-0.25, -0.2) is 34.3 Å². The van der Waals surface area contributed by atoms with Gasteiger partial charge in [-0.05, 0) is 158 Å². The van der Waals surface area contributed by atoms with E-state index in [0.29, 0.717) is 23.3 Å². The number of aromatic nitrogens is 7. The van der Waals surface area contributed by atoms with Gasteiger partial charge in [0.15, 0.2) is 0 Å². The molecule has 4 aromatic carbocycles. The quantitative estimate of drug-likeness (QED) is 0.0734. The van der Waals surface area contributed by atoms with Crippen molar-refractivity contribution in [3.63, 3.8) is 0 Å². The molecule has 1 aliphatic rings. The smallest absolute Gasteiger partial charge is 0.435 e. The fourth-order valence-electron chi connectivity index (χ4n) is 6.89. The molecule has 1 aliphatic heterocycles. The fourth-order valence-corrected chi connectivity index (χ4v) is 7.88. The molecule has 0 saturated heterocycles. The first kappa shape index (κ1) is 79.6. The summed E-state index contributed by atoms with van der Waals surface area (Å²) in [6.07, 6.45) is 11.9. The maximum atomic E-state index is 12.0. The molecule has 9 aromatic rings. The first-order valence-corrected chi connectivity index (χ1v) is 27.1. The molecule has 7 N–H and O–H groups in total. The molecule has 0 atom stereocenters. The number of halogens is 4. The molecular formula is C63H85Br2Cl2N11O7. The van der Waals surface area contributed by atoms with Crippen LogP contribution in [-0.2, 0) is 11.3 Å². The van der Waals surface area contributed by atoms with Gasteiger partial charge < -0.3 is 40.7 Å². The Morgan fingerprint density at radius 2 is 1.32 bits per heavy atom. The number of aliphatic imine (C=N–C) groups is 1. The molecule has 5 aromatic heterocycles. The van der Waals surface area contributed by atoms with Crippen molar-refractivity contribution in [1.29, 1.82) is 0 Å². The lowest BCUT2D eigenvalue weighted by molar-refractivity contribution is 0.0513. The molecule has 18 nitrogen and oxygen atoms in total. The third-order valence-electron chi connectivity index (χ3n) is 10.5. The number of nitrogens with two attached hydrogens (primary N) is 1. The Bertz CT molecular complexity index is 3500. The number of furan rings is 1. The predicted octanol–water partition coefficient (Wildman–Crippen LogP) is 19.5. The summed E-state index contributed by atoms with van der Waals surface area (Å²) < 4.78 is 13.4. The first-order valence-electron chi connectivity index (χ1n) is 24.7. The molecule has 0 amide bonds. The molecule has 85 heavy (non-hydrogen) atoms. The number of nitrogens with zero attached hydrogens (tertiary/aromatic N) is 7. The normalized spacial score (nSPS) is 10.2. The van der Waals surface area contributed by atoms with E-state index in [1.807, 2.05) is 101 Å². The van der Waals surface area contributed by atoms with Gasteiger partial charge in [0.25, 0.3) is 0 Å². The van der Waals surface area contributed by atoms with Crippen molar-refractivity contribution in [2.24, 2.45) is 10.7 Å². The van der Waals surface area contributed by atoms with E-state index < -0.39 is 23.6 Å². The van der Waals surface area contributed by atoms with Crippen molar-refractivity contribution in [1.82, 2.24) is 34.7 Å². The van der Waals surface area contributed by atoms with Gasteiger partial charge in [0.2, 0.25) is 16.3 Å². The Hall–Kier alpha value is -7.49. The Kier molecular flexibility index (Phi) is 36.0. The number of anilines is 4. The van der Waals surface area contributed by atoms with Crippen LogP contribution in [0, 0.1) is 6.92 Å². The van der Waals surface area contributed by atoms with Crippen molar-refractivity contribution in [2.45, 2.75) is 137 Å². The zero-order valence-corrected chi connectivity index (χ0v) is 49.4. The zero-order chi connectivity index (χ0) is 57.8. The topological polar surface area (TPSA) is 262 Å². The second-order valence-electron chi connectivity index (χ2n) is 18.6. The van der Waals surface area contributed by atoms with Gasteiger partial charge in [0.1, 0.15) is 28.5 Å². The third kappa shape index (κ3) is 26.1. The summed E-state index contributed by atoms with van der Waals surface area (Å²) in [5.74, 6) is -0.717. The van der Waals surface area contributed by atoms with Gasteiger partial charge in [-0.15, -0.1) is 0 Å². The van der Waals surface area contributed by atoms with Crippen LogP contribution in [0.3, 0.4) is 0 Å². The van der Waals surface area contributed by atoms with E-state index >= 15 is 0 Å². The van der Waals surface area contributed by atoms with Gasteiger partial charge >= 0.3 is 18.0 Å². The predicted molar refractivity (Wildman–Crippen MR) is 361 cm³/mol. The minimum atomic E-state index is -1.05. The number of aryl methyl sites for hydroxylation is 1. The summed E-state index contributed by atoms with van der Waals surface area (Å²) in [5.41, 5.74) is 12.9. The SMILES string of the molecule is C.C.C.C.C.C.CC(C)(C)OC(=O)n1cc(-c2ccc(Nc3ccnc(Cl)n3)cc2)cn1.CC(C)N.CCCCC.Cc1c(C(=O)O)[nH]c2ccc(Br)cc12.Clc1nccc(Nc2ccc3c(c2)C=NC3)n1.O=C(O)c1cc2ccc(Br)cc2o1. The van der Waals surface area contributed by atoms with E-state index in [1.165, 1.54) is 35.6 Å². The number of aromatic carboxylic acids is 2. The number of carbonyl (C=O) groups is 3. The highest BCUT2D eigenvalue weighted by molar-refractivity contribution is 9.10. The second kappa shape index (κ2) is 38.5. The Morgan fingerprint density at radius 1 is 0.765 bits per heavy atom. The highest BCUT2D eigenvalue weighted by Crippen LogP contribution is 2.27. The van der Waals surface area contributed by atoms with Gasteiger partial charge in [0, 0.05) is 67.0 Å². The number of H-pyrrole nitrogens is 1. The van der Waals surface area contributed by atoms with Crippen molar-refractivity contribution in [3.05, 3.63) is 170 Å². The van der Waals surface area contributed by atoms with E-state index in [-0.39, 0.29) is 66.6 Å². The van der Waals surface area contributed by atoms with E-state index in [9.17, 15) is 14.4 Å². The van der Waals surface area contributed by atoms with Gasteiger partial charge in [0.05, 0.1) is 12.7 Å². The molecule has 0 radical (unpaired) electrons. The molecule has 0 saturated carbocycles. The van der Waals surface area contributed by atoms with Gasteiger partial charge in [-0.3, -0.25) is 4.99 Å². The number of fused-ring (bicyclic) bond motifs is 3. The maximum Gasteiger partial charge on any atom is 0.435 e. The van der Waals surface area contributed by atoms with E-state index in [1.54, 1.807) is 56.0 Å². The van der Waals surface area contributed by atoms with Crippen molar-refractivity contribution < 1.29 is 33.8 Å². The molecule has 0 fully saturated rings. The van der Waals surface area contributed by atoms with Crippen molar-refractivity contribution in [2.75, 3.05) is 10.6 Å². The Morgan fingerprint density at radius 3 is 1.85 bits per heavy atom. The van der Waals surface area contributed by atoms with Crippen molar-refractivity contribution in [3.8, 4) is 11.1 Å². The molecule has 0 aliphatic carbocycles. The van der Waals surface area contributed by atoms with Crippen LogP contribution >= 0.6 is 55.1 Å². The number of nitrogens with one attached hydrogen (secondary N) is 3. The molecule has 462 valence electrons. The molecule has 0 unspecified atom stereocenters. The minimum absolute atomic E-state index is 0. The van der Waals surface area contributed by atoms with Crippen molar-refractivity contribution >= 4 is 124 Å². The van der Waals surface area contributed by atoms with E-state index in [0.717, 1.165) is 65.4 Å². The first-order chi connectivity index (χ1) is 37.5. The Labute approximate surface area is 528 Å². The number of unbranched alkanes of at least 4 members (excludes halogenated alkanes) is 2. The number of carboxylic acid groups (broad SMARTS) is 2. The number of hydrogen-bond acceptors (Lipinski definition) is 14. The average Bonchev–Trinajstić information content (AvgIpc) is 2.75. The van der Waals surface area contributed by atoms with Crippen LogP contribution in [0.1, 0.15) is 150 Å². The summed E-state index contributed by atoms with van der Waals surface area (Å²) in [4.78, 5) is 56.3. The second-order valence-corrected chi connectivity index (χ2v) is 21.1. The van der Waals surface area contributed by atoms with E-state index in [2.05, 4.69) is 97.4 Å². The van der Waals surface area contributed by atoms with Crippen LogP contribution in [0.2, 0.25) is 10.6 Å². The fraction of sp³-hybridized carbons (Fsp3) is 0.317. The summed E-state index contributed by atoms with van der Waals surface area (Å²) in [5, 5.41) is 30.1. The Balaban J connectivity index is 0. The lowest BCUT2D eigenvalue weighted by Crippen LogP contribution is -2.27. The monoisotopic (exact) mass is 1340 g/mol. The minimum Gasteiger partial charge on any atom is -0.477 e. The zero-order valence-electron chi connectivity index (χ0n) is 44.7. The van der Waals surface area contributed by atoms with Crippen LogP contribution in [0.15, 0.2) is 140 Å². The number of aromatic amines is 1. The van der Waals surface area contributed by atoms with Crippen LogP contribution in [0.4, 0.5) is 27.8 Å². The average molecular weight is 1340 g/mol. The summed E-state index contributed by atoms with van der Waals surface area (Å²) >= 11 is 18.1. The van der Waals surface area contributed by atoms with Crippen LogP contribution in [0.5, 0.6) is 0 Å². The molecular weight excluding hydrogens is 1250 g/mol. The molecule has 6 heterocycles. The highest BCUT2D eigenvalue weighted by atomic mass is 79.9. The van der Waals surface area contributed by atoms with Gasteiger partial charge in [-0.2, -0.15) is 9.78 Å². The number of ether oxygens (including phenoxy) is 1. The number of carboxylic acids is 2. The standard InChI is InChI=1S/C18H18ClN5O2.C12H9ClN4.C10H8BrNO2.C9H5BrO3.C5H12.C3H9N.6CH4/c1-18(2,3)26-17(25)24-11-13(10-21-24)12-4-6-14(7-5-12)22-15-8-9-20-16(19)23-15;13-12-15-4-3-11(17-12)16-10-2-1-8-6-14-7-9(8)5-10;1-5-7-4-6(11)2-3-8(7)12-9(5)10(13)14;10-6-2-1-5-3-8(9(11)12)13-7(5)4-6;1-3-5-4-2;1-3(2)4;;;;;;/h4-11H,1-3H3,(H,20,22,23);1-5,7H,6H2,(H,15,16,17);2-4,12H,1H3,(H,13,14);1-4H,(H,11,12);3-5H2,1-2H3;3H,4H2,1-2H3;6*1H4. The molecule has 22 heteroatoms. The highest BCUT2D eigenvalue weighted by Gasteiger charge is 2.19. The number of hydrogen-bond donors (Lipinski definition) is 6. The lowest BCUT2D eigenvalue weighted by Gasteiger charge is -2.18. The molecule has 0 bridgehead atoms. The maximum absolute atomic E-state index is 12.0. The van der Waals surface area contributed by atoms with Crippen LogP contribution in [0.25, 0.3) is 33.0 Å². The largest absolute Gasteiger partial charge is 0.477 e.